The molecule has 0 bridgehead atoms. The number of nitrogens with zero attached hydrogens (tertiary/aromatic N) is 3. The molecular weight excluding hydrogens is 396 g/mol. The van der Waals surface area contributed by atoms with Gasteiger partial charge in [0.2, 0.25) is 5.91 Å². The lowest BCUT2D eigenvalue weighted by molar-refractivity contribution is -0.130. The van der Waals surface area contributed by atoms with E-state index in [0.717, 1.165) is 43.6 Å². The van der Waals surface area contributed by atoms with Crippen LogP contribution in [0.15, 0.2) is 73.3 Å². The van der Waals surface area contributed by atoms with E-state index in [-0.39, 0.29) is 5.91 Å². The SMILES string of the molecule is CC(C)CNC(=O)[C@@]1(Cc2ccccc2-c2cccnc2)CCN(Cc2ccncc2)C1. The van der Waals surface area contributed by atoms with Gasteiger partial charge in [0.1, 0.15) is 0 Å². The summed E-state index contributed by atoms with van der Waals surface area (Å²) in [6.45, 7) is 7.47. The predicted octanol–water partition coefficient (Wildman–Crippen LogP) is 4.35. The zero-order chi connectivity index (χ0) is 22.4. The largest absolute Gasteiger partial charge is 0.355 e. The second-order valence-electron chi connectivity index (χ2n) is 9.28. The maximum atomic E-state index is 13.6. The van der Waals surface area contributed by atoms with Crippen molar-refractivity contribution >= 4 is 5.91 Å². The van der Waals surface area contributed by atoms with E-state index in [9.17, 15) is 4.79 Å². The monoisotopic (exact) mass is 428 g/mol. The maximum absolute atomic E-state index is 13.6. The van der Waals surface area contributed by atoms with Crippen LogP contribution in [0.5, 0.6) is 0 Å². The minimum atomic E-state index is -0.444. The van der Waals surface area contributed by atoms with Crippen LogP contribution in [0.2, 0.25) is 0 Å². The summed E-state index contributed by atoms with van der Waals surface area (Å²) in [4.78, 5) is 24.4. The molecule has 0 radical (unpaired) electrons. The molecule has 1 saturated heterocycles. The number of aromatic nitrogens is 2. The van der Waals surface area contributed by atoms with Gasteiger partial charge in [-0.2, -0.15) is 0 Å². The molecular formula is C27H32N4O. The molecule has 5 nitrogen and oxygen atoms in total. The third-order valence-corrected chi connectivity index (χ3v) is 6.26. The molecule has 1 aliphatic heterocycles. The molecule has 0 saturated carbocycles. The van der Waals surface area contributed by atoms with E-state index in [4.69, 9.17) is 0 Å². The highest BCUT2D eigenvalue weighted by molar-refractivity contribution is 5.84. The lowest BCUT2D eigenvalue weighted by Gasteiger charge is -2.30. The topological polar surface area (TPSA) is 58.1 Å². The molecule has 166 valence electrons. The first kappa shape index (κ1) is 22.2. The van der Waals surface area contributed by atoms with Crippen LogP contribution in [-0.2, 0) is 17.8 Å². The van der Waals surface area contributed by atoms with Crippen LogP contribution in [-0.4, -0.2) is 40.4 Å². The Morgan fingerprint density at radius 2 is 1.88 bits per heavy atom. The fourth-order valence-electron chi connectivity index (χ4n) is 4.58. The quantitative estimate of drug-likeness (QED) is 0.579. The van der Waals surface area contributed by atoms with Gasteiger partial charge in [-0.3, -0.25) is 19.7 Å². The first-order valence-electron chi connectivity index (χ1n) is 11.4. The molecule has 5 heteroatoms. The van der Waals surface area contributed by atoms with E-state index in [1.807, 2.05) is 24.7 Å². The number of amides is 1. The van der Waals surface area contributed by atoms with Gasteiger partial charge in [0.15, 0.2) is 0 Å². The molecule has 1 N–H and O–H groups in total. The van der Waals surface area contributed by atoms with Crippen LogP contribution in [0.4, 0.5) is 0 Å². The number of carbonyl (C=O) groups excluding carboxylic acids is 1. The Balaban J connectivity index is 1.61. The van der Waals surface area contributed by atoms with Gasteiger partial charge in [0.25, 0.3) is 0 Å². The molecule has 1 aliphatic rings. The number of nitrogens with one attached hydrogen (secondary N) is 1. The second kappa shape index (κ2) is 10.0. The van der Waals surface area contributed by atoms with Crippen molar-refractivity contribution in [1.82, 2.24) is 20.2 Å². The van der Waals surface area contributed by atoms with Gasteiger partial charge in [0, 0.05) is 50.0 Å². The number of benzene rings is 1. The van der Waals surface area contributed by atoms with E-state index in [2.05, 4.69) is 76.5 Å². The van der Waals surface area contributed by atoms with Crippen LogP contribution in [0.25, 0.3) is 11.1 Å². The van der Waals surface area contributed by atoms with Crippen molar-refractivity contribution in [3.8, 4) is 11.1 Å². The fourth-order valence-corrected chi connectivity index (χ4v) is 4.58. The Labute approximate surface area is 190 Å². The standard InChI is InChI=1S/C27H32N4O/c1-21(2)17-30-26(32)27(11-15-31(20-27)19-22-9-13-28-14-10-22)16-23-6-3-4-8-25(23)24-7-5-12-29-18-24/h3-10,12-14,18,21H,11,15-17,19-20H2,1-2H3,(H,30,32)/t27-/m1/s1. The molecule has 1 atom stereocenters. The van der Waals surface area contributed by atoms with Crippen molar-refractivity contribution < 1.29 is 4.79 Å². The lowest BCUT2D eigenvalue weighted by Crippen LogP contribution is -2.45. The Hall–Kier alpha value is -3.05. The molecule has 32 heavy (non-hydrogen) atoms. The summed E-state index contributed by atoms with van der Waals surface area (Å²) in [6, 6.07) is 16.6. The normalized spacial score (nSPS) is 18.7. The highest BCUT2D eigenvalue weighted by Crippen LogP contribution is 2.38. The van der Waals surface area contributed by atoms with Crippen molar-refractivity contribution in [2.75, 3.05) is 19.6 Å². The Morgan fingerprint density at radius 3 is 2.62 bits per heavy atom. The molecule has 1 aromatic carbocycles. The Bertz CT molecular complexity index is 1020. The molecule has 0 unspecified atom stereocenters. The number of rotatable bonds is 8. The van der Waals surface area contributed by atoms with E-state index in [1.165, 1.54) is 11.1 Å². The third kappa shape index (κ3) is 5.22. The zero-order valence-corrected chi connectivity index (χ0v) is 19.0. The van der Waals surface area contributed by atoms with Crippen LogP contribution in [0, 0.1) is 11.3 Å². The van der Waals surface area contributed by atoms with Gasteiger partial charge < -0.3 is 5.32 Å². The molecule has 1 amide bonds. The van der Waals surface area contributed by atoms with Crippen LogP contribution in [0.3, 0.4) is 0 Å². The molecule has 3 heterocycles. The molecule has 4 rings (SSSR count). The molecule has 3 aromatic rings. The third-order valence-electron chi connectivity index (χ3n) is 6.26. The molecule has 0 aliphatic carbocycles. The number of carbonyl (C=O) groups is 1. The van der Waals surface area contributed by atoms with Crippen LogP contribution < -0.4 is 5.32 Å². The summed E-state index contributed by atoms with van der Waals surface area (Å²) in [5.74, 6) is 0.595. The first-order chi connectivity index (χ1) is 15.6. The van der Waals surface area contributed by atoms with Crippen molar-refractivity contribution in [3.05, 3.63) is 84.4 Å². The van der Waals surface area contributed by atoms with Crippen LogP contribution >= 0.6 is 0 Å². The summed E-state index contributed by atoms with van der Waals surface area (Å²) in [7, 11) is 0. The molecule has 1 fully saturated rings. The number of pyridine rings is 2. The summed E-state index contributed by atoms with van der Waals surface area (Å²) in [5.41, 5.74) is 4.23. The average Bonchev–Trinajstić information content (AvgIpc) is 3.22. The number of hydrogen-bond donors (Lipinski definition) is 1. The van der Waals surface area contributed by atoms with E-state index < -0.39 is 5.41 Å². The minimum Gasteiger partial charge on any atom is -0.355 e. The van der Waals surface area contributed by atoms with E-state index in [1.54, 1.807) is 6.20 Å². The summed E-state index contributed by atoms with van der Waals surface area (Å²) >= 11 is 0. The van der Waals surface area contributed by atoms with Gasteiger partial charge >= 0.3 is 0 Å². The maximum Gasteiger partial charge on any atom is 0.227 e. The highest BCUT2D eigenvalue weighted by Gasteiger charge is 2.44. The van der Waals surface area contributed by atoms with Crippen LogP contribution in [0.1, 0.15) is 31.4 Å². The van der Waals surface area contributed by atoms with Gasteiger partial charge in [-0.15, -0.1) is 0 Å². The van der Waals surface area contributed by atoms with Crippen molar-refractivity contribution in [3.63, 3.8) is 0 Å². The first-order valence-corrected chi connectivity index (χ1v) is 11.4. The smallest absolute Gasteiger partial charge is 0.227 e. The minimum absolute atomic E-state index is 0.171. The van der Waals surface area contributed by atoms with Gasteiger partial charge in [0.05, 0.1) is 5.41 Å². The molecule has 0 spiro atoms. The summed E-state index contributed by atoms with van der Waals surface area (Å²) < 4.78 is 0. The van der Waals surface area contributed by atoms with Gasteiger partial charge in [-0.05, 0) is 60.2 Å². The lowest BCUT2D eigenvalue weighted by atomic mass is 9.78. The van der Waals surface area contributed by atoms with Crippen molar-refractivity contribution in [2.24, 2.45) is 11.3 Å². The Morgan fingerprint density at radius 1 is 1.06 bits per heavy atom. The fraction of sp³-hybridized carbons (Fsp3) is 0.370. The average molecular weight is 429 g/mol. The zero-order valence-electron chi connectivity index (χ0n) is 19.0. The van der Waals surface area contributed by atoms with E-state index in [0.29, 0.717) is 12.5 Å². The summed E-state index contributed by atoms with van der Waals surface area (Å²) in [6.07, 6.45) is 8.92. The van der Waals surface area contributed by atoms with Gasteiger partial charge in [-0.1, -0.05) is 44.2 Å². The van der Waals surface area contributed by atoms with Crippen molar-refractivity contribution in [1.29, 1.82) is 0 Å². The highest BCUT2D eigenvalue weighted by atomic mass is 16.2. The number of hydrogen-bond acceptors (Lipinski definition) is 4. The second-order valence-corrected chi connectivity index (χ2v) is 9.28. The Kier molecular flexibility index (Phi) is 6.96. The van der Waals surface area contributed by atoms with Gasteiger partial charge in [-0.25, -0.2) is 0 Å². The number of likely N-dealkylation sites (tertiary alicyclic amines) is 1. The predicted molar refractivity (Wildman–Crippen MR) is 128 cm³/mol. The van der Waals surface area contributed by atoms with Crippen molar-refractivity contribution in [2.45, 2.75) is 33.2 Å². The molecule has 2 aromatic heterocycles. The summed E-state index contributed by atoms with van der Waals surface area (Å²) in [5, 5.41) is 3.24. The van der Waals surface area contributed by atoms with E-state index >= 15 is 0 Å².